The summed E-state index contributed by atoms with van der Waals surface area (Å²) in [7, 11) is 0. The van der Waals surface area contributed by atoms with Crippen molar-refractivity contribution in [3.63, 3.8) is 0 Å². The van der Waals surface area contributed by atoms with Gasteiger partial charge in [0.2, 0.25) is 0 Å². The second kappa shape index (κ2) is 6.71. The zero-order valence-corrected chi connectivity index (χ0v) is 15.3. The summed E-state index contributed by atoms with van der Waals surface area (Å²) in [6, 6.07) is 7.71. The number of hydrogen-bond donors (Lipinski definition) is 1. The Morgan fingerprint density at radius 3 is 2.88 bits per heavy atom. The minimum atomic E-state index is -0.502. The van der Waals surface area contributed by atoms with E-state index < -0.39 is 5.82 Å². The zero-order valence-electron chi connectivity index (χ0n) is 12.9. The molecule has 0 bridgehead atoms. The number of benzene rings is 1. The Morgan fingerprint density at radius 1 is 1.31 bits per heavy atom. The van der Waals surface area contributed by atoms with E-state index in [4.69, 9.17) is 21.4 Å². The van der Waals surface area contributed by atoms with E-state index in [1.54, 1.807) is 35.9 Å². The van der Waals surface area contributed by atoms with E-state index in [0.29, 0.717) is 27.1 Å². The van der Waals surface area contributed by atoms with Crippen LogP contribution in [0.2, 0.25) is 5.02 Å². The van der Waals surface area contributed by atoms with Crippen LogP contribution in [0.25, 0.3) is 17.4 Å². The van der Waals surface area contributed by atoms with Gasteiger partial charge >= 0.3 is 0 Å². The topological polar surface area (TPSA) is 70.2 Å². The molecule has 4 rings (SSSR count). The number of carbonyl (C=O) groups is 1. The molecule has 5 nitrogen and oxygen atoms in total. The highest BCUT2D eigenvalue weighted by molar-refractivity contribution is 8.19. The third-order valence-electron chi connectivity index (χ3n) is 3.54. The number of amides is 1. The number of hydrogen-bond acceptors (Lipinski definition) is 6. The zero-order chi connectivity index (χ0) is 18.3. The summed E-state index contributed by atoms with van der Waals surface area (Å²) in [5.41, 5.74) is 0.628. The Kier molecular flexibility index (Phi) is 4.39. The van der Waals surface area contributed by atoms with Crippen LogP contribution in [0.3, 0.4) is 0 Å². The van der Waals surface area contributed by atoms with Crippen LogP contribution in [0, 0.1) is 11.2 Å². The summed E-state index contributed by atoms with van der Waals surface area (Å²) >= 11 is 8.12. The number of thiazole rings is 1. The van der Waals surface area contributed by atoms with Crippen LogP contribution < -0.4 is 4.90 Å². The Hall–Kier alpha value is -2.42. The fourth-order valence-corrected chi connectivity index (χ4v) is 4.06. The molecular formula is C17H9ClFN3O2S2. The van der Waals surface area contributed by atoms with Gasteiger partial charge in [-0.2, -0.15) is 0 Å². The highest BCUT2D eigenvalue weighted by Crippen LogP contribution is 2.36. The van der Waals surface area contributed by atoms with Gasteiger partial charge in [-0.15, -0.1) is 11.3 Å². The van der Waals surface area contributed by atoms with Gasteiger partial charge in [-0.25, -0.2) is 14.3 Å². The Bertz CT molecular complexity index is 1050. The maximum absolute atomic E-state index is 13.3. The monoisotopic (exact) mass is 405 g/mol. The highest BCUT2D eigenvalue weighted by Gasteiger charge is 2.35. The van der Waals surface area contributed by atoms with Gasteiger partial charge in [-0.05, 0) is 42.1 Å². The number of thioether (sulfide) groups is 1. The fourth-order valence-electron chi connectivity index (χ4n) is 2.35. The third-order valence-corrected chi connectivity index (χ3v) is 5.47. The molecule has 1 amide bonds. The van der Waals surface area contributed by atoms with Crippen LogP contribution >= 0.6 is 34.7 Å². The van der Waals surface area contributed by atoms with Crippen LogP contribution in [-0.2, 0) is 4.79 Å². The molecule has 0 saturated carbocycles. The minimum absolute atomic E-state index is 0.00729. The molecule has 0 aliphatic carbocycles. The lowest BCUT2D eigenvalue weighted by Crippen LogP contribution is -2.27. The second-order valence-corrected chi connectivity index (χ2v) is 7.51. The average molecular weight is 406 g/mol. The molecule has 1 saturated heterocycles. The van der Waals surface area contributed by atoms with Crippen molar-refractivity contribution in [1.82, 2.24) is 4.98 Å². The molecule has 0 spiro atoms. The van der Waals surface area contributed by atoms with Crippen LogP contribution in [0.4, 0.5) is 9.52 Å². The van der Waals surface area contributed by atoms with Crippen molar-refractivity contribution in [2.24, 2.45) is 0 Å². The predicted molar refractivity (Wildman–Crippen MR) is 102 cm³/mol. The first-order chi connectivity index (χ1) is 12.5. The van der Waals surface area contributed by atoms with Gasteiger partial charge in [0, 0.05) is 23.2 Å². The molecule has 9 heteroatoms. The number of carbonyl (C=O) groups excluding carboxylic acids is 1. The van der Waals surface area contributed by atoms with Gasteiger partial charge in [0.1, 0.15) is 17.3 Å². The first kappa shape index (κ1) is 17.0. The molecule has 1 aromatic carbocycles. The smallest absolute Gasteiger partial charge is 0.273 e. The van der Waals surface area contributed by atoms with E-state index in [-0.39, 0.29) is 16.1 Å². The lowest BCUT2D eigenvalue weighted by Gasteiger charge is -2.08. The molecule has 1 fully saturated rings. The van der Waals surface area contributed by atoms with Crippen molar-refractivity contribution in [1.29, 1.82) is 5.41 Å². The lowest BCUT2D eigenvalue weighted by atomic mass is 10.2. The summed E-state index contributed by atoms with van der Waals surface area (Å²) < 4.78 is 19.0. The van der Waals surface area contributed by atoms with Crippen molar-refractivity contribution in [2.45, 2.75) is 0 Å². The molecule has 3 heterocycles. The number of nitrogens with zero attached hydrogens (tertiary/aromatic N) is 2. The number of halogens is 2. The normalized spacial score (nSPS) is 16.1. The van der Waals surface area contributed by atoms with Crippen molar-refractivity contribution in [3.8, 4) is 11.3 Å². The van der Waals surface area contributed by atoms with Crippen LogP contribution in [0.15, 0.2) is 51.2 Å². The first-order valence-corrected chi connectivity index (χ1v) is 9.37. The van der Waals surface area contributed by atoms with E-state index in [0.717, 1.165) is 11.8 Å². The number of furan rings is 1. The van der Waals surface area contributed by atoms with Gasteiger partial charge in [-0.1, -0.05) is 11.6 Å². The van der Waals surface area contributed by atoms with Crippen LogP contribution in [0.1, 0.15) is 5.76 Å². The standard InChI is InChI=1S/C17H9ClFN3O2S2/c18-11-7-9(1-3-12(11)19)13-4-2-10(24-13)8-14-15(23)22(16(20)26-14)17-21-5-6-25-17/h1-8,20H/b14-8-,20-16?. The Morgan fingerprint density at radius 2 is 2.15 bits per heavy atom. The number of aromatic nitrogens is 1. The van der Waals surface area contributed by atoms with Gasteiger partial charge in [-0.3, -0.25) is 10.2 Å². The molecule has 1 aliphatic rings. The average Bonchev–Trinajstić information content (AvgIpc) is 3.33. The van der Waals surface area contributed by atoms with Crippen LogP contribution in [-0.4, -0.2) is 16.1 Å². The van der Waals surface area contributed by atoms with Crippen LogP contribution in [0.5, 0.6) is 0 Å². The van der Waals surface area contributed by atoms with E-state index in [9.17, 15) is 9.18 Å². The Labute approximate surface area is 160 Å². The molecule has 0 radical (unpaired) electrons. The molecule has 1 aliphatic heterocycles. The molecule has 3 aromatic rings. The largest absolute Gasteiger partial charge is 0.457 e. The lowest BCUT2D eigenvalue weighted by molar-refractivity contribution is -0.113. The maximum Gasteiger partial charge on any atom is 0.273 e. The van der Waals surface area contributed by atoms with Gasteiger partial charge < -0.3 is 4.42 Å². The summed E-state index contributed by atoms with van der Waals surface area (Å²) in [6.07, 6.45) is 3.16. The number of rotatable bonds is 3. The van der Waals surface area contributed by atoms with Crippen molar-refractivity contribution in [3.05, 3.63) is 63.4 Å². The highest BCUT2D eigenvalue weighted by atomic mass is 35.5. The molecule has 0 atom stereocenters. The number of amidine groups is 1. The minimum Gasteiger partial charge on any atom is -0.457 e. The molecule has 1 N–H and O–H groups in total. The maximum atomic E-state index is 13.3. The summed E-state index contributed by atoms with van der Waals surface area (Å²) in [6.45, 7) is 0. The summed E-state index contributed by atoms with van der Waals surface area (Å²) in [4.78, 5) is 18.2. The number of anilines is 1. The van der Waals surface area contributed by atoms with Gasteiger partial charge in [0.15, 0.2) is 10.3 Å². The van der Waals surface area contributed by atoms with E-state index in [1.165, 1.54) is 28.4 Å². The summed E-state index contributed by atoms with van der Waals surface area (Å²) in [5.74, 6) is 0.127. The molecule has 0 unspecified atom stereocenters. The van der Waals surface area contributed by atoms with E-state index >= 15 is 0 Å². The fraction of sp³-hybridized carbons (Fsp3) is 0. The molecule has 2 aromatic heterocycles. The van der Waals surface area contributed by atoms with Crippen molar-refractivity contribution in [2.75, 3.05) is 4.90 Å². The third kappa shape index (κ3) is 3.07. The van der Waals surface area contributed by atoms with E-state index in [2.05, 4.69) is 4.98 Å². The first-order valence-electron chi connectivity index (χ1n) is 7.30. The predicted octanol–water partition coefficient (Wildman–Crippen LogP) is 5.25. The molecule has 26 heavy (non-hydrogen) atoms. The van der Waals surface area contributed by atoms with Crippen molar-refractivity contribution < 1.29 is 13.6 Å². The van der Waals surface area contributed by atoms with Gasteiger partial charge in [0.05, 0.1) is 9.93 Å². The van der Waals surface area contributed by atoms with E-state index in [1.807, 2.05) is 0 Å². The summed E-state index contributed by atoms with van der Waals surface area (Å²) in [5, 5.41) is 10.3. The second-order valence-electron chi connectivity index (χ2n) is 5.20. The number of nitrogens with one attached hydrogen (secondary N) is 1. The SMILES string of the molecule is N=C1S/C(=C\c2ccc(-c3ccc(F)c(Cl)c3)o2)C(=O)N1c1nccs1. The van der Waals surface area contributed by atoms with Gasteiger partial charge in [0.25, 0.3) is 5.91 Å². The quantitative estimate of drug-likeness (QED) is 0.604. The molecular weight excluding hydrogens is 397 g/mol. The Balaban J connectivity index is 1.61. The molecule has 130 valence electrons. The van der Waals surface area contributed by atoms with Crippen molar-refractivity contribution >= 4 is 57.0 Å².